The number of thioether (sulfide) groups is 1. The van der Waals surface area contributed by atoms with Gasteiger partial charge in [-0.3, -0.25) is 4.79 Å². The molecule has 7 heteroatoms. The summed E-state index contributed by atoms with van der Waals surface area (Å²) in [5.41, 5.74) is 2.08. The van der Waals surface area contributed by atoms with Gasteiger partial charge in [-0.1, -0.05) is 41.3 Å². The highest BCUT2D eigenvalue weighted by molar-refractivity contribution is 7.99. The molecule has 0 N–H and O–H groups in total. The van der Waals surface area contributed by atoms with Crippen molar-refractivity contribution in [2.24, 2.45) is 0 Å². The van der Waals surface area contributed by atoms with Crippen LogP contribution < -0.4 is 0 Å². The second-order valence-electron chi connectivity index (χ2n) is 4.13. The third kappa shape index (κ3) is 4.61. The van der Waals surface area contributed by atoms with Crippen molar-refractivity contribution in [1.29, 1.82) is 0 Å². The Hall–Kier alpha value is -2.33. The van der Waals surface area contributed by atoms with Crippen LogP contribution >= 0.6 is 11.8 Å². The minimum Gasteiger partial charge on any atom is -0.453 e. The Bertz CT molecular complexity index is 670. The summed E-state index contributed by atoms with van der Waals surface area (Å²) >= 11 is 1.42. The molecule has 0 unspecified atom stereocenters. The van der Waals surface area contributed by atoms with Crippen molar-refractivity contribution >= 4 is 17.7 Å². The summed E-state index contributed by atoms with van der Waals surface area (Å²) in [5.74, 6) is 5.84. The molecule has 1 aromatic carbocycles. The van der Waals surface area contributed by atoms with Gasteiger partial charge in [0.15, 0.2) is 6.61 Å². The van der Waals surface area contributed by atoms with Crippen LogP contribution in [0.4, 0.5) is 0 Å². The number of rotatable bonds is 4. The number of carbonyl (C=O) groups excluding carboxylic acids is 1. The fourth-order valence-corrected chi connectivity index (χ4v) is 2.12. The number of nitrogens with zero attached hydrogens (tertiary/aromatic N) is 4. The average molecular weight is 302 g/mol. The van der Waals surface area contributed by atoms with Gasteiger partial charge in [0.25, 0.3) is 0 Å². The van der Waals surface area contributed by atoms with Gasteiger partial charge in [-0.15, -0.1) is 5.10 Å². The van der Waals surface area contributed by atoms with E-state index in [9.17, 15) is 4.79 Å². The monoisotopic (exact) mass is 302 g/mol. The third-order valence-corrected chi connectivity index (χ3v) is 3.27. The van der Waals surface area contributed by atoms with Crippen LogP contribution in [0.25, 0.3) is 5.69 Å². The van der Waals surface area contributed by atoms with Crippen molar-refractivity contribution in [1.82, 2.24) is 20.2 Å². The van der Waals surface area contributed by atoms with Crippen LogP contribution in [-0.2, 0) is 9.53 Å². The van der Waals surface area contributed by atoms with Crippen LogP contribution in [0.15, 0.2) is 29.4 Å². The van der Waals surface area contributed by atoms with Gasteiger partial charge in [-0.05, 0) is 29.5 Å². The fourth-order valence-electron chi connectivity index (χ4n) is 1.46. The number of carbonyl (C=O) groups is 1. The second-order valence-corrected chi connectivity index (χ2v) is 5.07. The van der Waals surface area contributed by atoms with Gasteiger partial charge in [-0.2, -0.15) is 4.68 Å². The van der Waals surface area contributed by atoms with E-state index in [4.69, 9.17) is 4.74 Å². The largest absolute Gasteiger partial charge is 0.453 e. The molecule has 2 aromatic rings. The number of aryl methyl sites for hydroxylation is 1. The van der Waals surface area contributed by atoms with Crippen LogP contribution in [0, 0.1) is 18.8 Å². The maximum atomic E-state index is 10.6. The standard InChI is InChI=1S/C14H14N4O2S/c1-11-5-7-13(8-6-11)18-14(15-16-17-18)21-10-4-3-9-20-12(2)19/h5-8H,9-10H2,1-2H3. The Balaban J connectivity index is 1.95. The molecule has 0 bridgehead atoms. The molecular formula is C14H14N4O2S. The van der Waals surface area contributed by atoms with Crippen molar-refractivity contribution in [2.45, 2.75) is 19.0 Å². The van der Waals surface area contributed by atoms with E-state index in [-0.39, 0.29) is 12.6 Å². The van der Waals surface area contributed by atoms with Crippen LogP contribution in [-0.4, -0.2) is 38.5 Å². The highest BCUT2D eigenvalue weighted by atomic mass is 32.2. The lowest BCUT2D eigenvalue weighted by Gasteiger charge is -2.02. The lowest BCUT2D eigenvalue weighted by Crippen LogP contribution is -1.99. The molecule has 0 aliphatic rings. The summed E-state index contributed by atoms with van der Waals surface area (Å²) in [7, 11) is 0. The Morgan fingerprint density at radius 2 is 2.10 bits per heavy atom. The minimum atomic E-state index is -0.333. The maximum absolute atomic E-state index is 10.6. The van der Waals surface area contributed by atoms with Gasteiger partial charge in [0.1, 0.15) is 0 Å². The van der Waals surface area contributed by atoms with E-state index in [1.54, 1.807) is 4.68 Å². The number of hydrogen-bond acceptors (Lipinski definition) is 6. The molecule has 21 heavy (non-hydrogen) atoms. The highest BCUT2D eigenvalue weighted by Gasteiger charge is 2.07. The maximum Gasteiger partial charge on any atom is 0.303 e. The summed E-state index contributed by atoms with van der Waals surface area (Å²) in [6, 6.07) is 7.93. The first-order chi connectivity index (χ1) is 10.2. The number of ether oxygens (including phenoxy) is 1. The molecule has 108 valence electrons. The van der Waals surface area contributed by atoms with Gasteiger partial charge in [0, 0.05) is 6.92 Å². The van der Waals surface area contributed by atoms with E-state index in [2.05, 4.69) is 27.4 Å². The van der Waals surface area contributed by atoms with Gasteiger partial charge in [-0.25, -0.2) is 0 Å². The van der Waals surface area contributed by atoms with E-state index in [1.807, 2.05) is 31.2 Å². The number of hydrogen-bond donors (Lipinski definition) is 0. The quantitative estimate of drug-likeness (QED) is 0.486. The molecule has 0 saturated heterocycles. The summed E-state index contributed by atoms with van der Waals surface area (Å²) in [6.07, 6.45) is 0. The molecule has 0 atom stereocenters. The molecule has 0 spiro atoms. The zero-order valence-electron chi connectivity index (χ0n) is 11.7. The Kier molecular flexibility index (Phi) is 5.35. The van der Waals surface area contributed by atoms with Gasteiger partial charge in [0.2, 0.25) is 5.16 Å². The van der Waals surface area contributed by atoms with Crippen molar-refractivity contribution < 1.29 is 9.53 Å². The van der Waals surface area contributed by atoms with Crippen LogP contribution in [0.1, 0.15) is 12.5 Å². The van der Waals surface area contributed by atoms with Gasteiger partial charge < -0.3 is 4.74 Å². The first-order valence-electron chi connectivity index (χ1n) is 6.24. The summed E-state index contributed by atoms with van der Waals surface area (Å²) in [6.45, 7) is 3.49. The molecule has 0 radical (unpaired) electrons. The minimum absolute atomic E-state index is 0.110. The predicted molar refractivity (Wildman–Crippen MR) is 79.0 cm³/mol. The lowest BCUT2D eigenvalue weighted by atomic mass is 10.2. The molecule has 2 rings (SSSR count). The molecular weight excluding hydrogens is 288 g/mol. The number of esters is 1. The number of aromatic nitrogens is 4. The van der Waals surface area contributed by atoms with Crippen molar-refractivity contribution in [3.05, 3.63) is 29.8 Å². The molecule has 1 heterocycles. The summed E-state index contributed by atoms with van der Waals surface area (Å²) in [4.78, 5) is 10.6. The normalized spacial score (nSPS) is 9.81. The molecule has 1 aromatic heterocycles. The van der Waals surface area contributed by atoms with E-state index in [0.717, 1.165) is 5.69 Å². The molecule has 0 aliphatic heterocycles. The molecule has 0 saturated carbocycles. The summed E-state index contributed by atoms with van der Waals surface area (Å²) in [5, 5.41) is 12.3. The Morgan fingerprint density at radius 3 is 2.81 bits per heavy atom. The van der Waals surface area contributed by atoms with E-state index < -0.39 is 0 Å². The number of benzene rings is 1. The molecule has 6 nitrogen and oxygen atoms in total. The van der Waals surface area contributed by atoms with E-state index >= 15 is 0 Å². The topological polar surface area (TPSA) is 69.9 Å². The molecule has 0 aliphatic carbocycles. The average Bonchev–Trinajstić information content (AvgIpc) is 2.91. The Morgan fingerprint density at radius 1 is 1.33 bits per heavy atom. The van der Waals surface area contributed by atoms with Crippen molar-refractivity contribution in [3.8, 4) is 17.5 Å². The third-order valence-electron chi connectivity index (χ3n) is 2.47. The number of tetrazole rings is 1. The van der Waals surface area contributed by atoms with E-state index in [1.165, 1.54) is 24.2 Å². The second kappa shape index (κ2) is 7.45. The lowest BCUT2D eigenvalue weighted by molar-refractivity contribution is -0.139. The van der Waals surface area contributed by atoms with Gasteiger partial charge in [0.05, 0.1) is 11.4 Å². The predicted octanol–water partition coefficient (Wildman–Crippen LogP) is 1.63. The first kappa shape index (κ1) is 15.1. The zero-order valence-corrected chi connectivity index (χ0v) is 12.6. The SMILES string of the molecule is CC(=O)OCC#CCSc1nnnn1-c1ccc(C)cc1. The smallest absolute Gasteiger partial charge is 0.303 e. The fraction of sp³-hybridized carbons (Fsp3) is 0.286. The van der Waals surface area contributed by atoms with Gasteiger partial charge >= 0.3 is 5.97 Å². The van der Waals surface area contributed by atoms with Crippen molar-refractivity contribution in [2.75, 3.05) is 12.4 Å². The van der Waals surface area contributed by atoms with Crippen LogP contribution in [0.3, 0.4) is 0 Å². The zero-order chi connectivity index (χ0) is 15.1. The van der Waals surface area contributed by atoms with Crippen LogP contribution in [0.5, 0.6) is 0 Å². The van der Waals surface area contributed by atoms with Crippen LogP contribution in [0.2, 0.25) is 0 Å². The summed E-state index contributed by atoms with van der Waals surface area (Å²) < 4.78 is 6.38. The molecule has 0 amide bonds. The van der Waals surface area contributed by atoms with E-state index in [0.29, 0.717) is 10.9 Å². The first-order valence-corrected chi connectivity index (χ1v) is 7.22. The molecule has 0 fully saturated rings. The highest BCUT2D eigenvalue weighted by Crippen LogP contribution is 2.17. The Labute approximate surface area is 126 Å². The van der Waals surface area contributed by atoms with Crippen molar-refractivity contribution in [3.63, 3.8) is 0 Å².